The molecular weight excluding hydrogens is 499 g/mol. The first-order valence-electron chi connectivity index (χ1n) is 11.2. The zero-order valence-electron chi connectivity index (χ0n) is 19.1. The molecule has 7 heteroatoms. The minimum atomic E-state index is 0. The van der Waals surface area contributed by atoms with Crippen molar-refractivity contribution in [1.29, 1.82) is 0 Å². The Kier molecular flexibility index (Phi) is 11.1. The highest BCUT2D eigenvalue weighted by molar-refractivity contribution is 14.0. The normalized spacial score (nSPS) is 14.2. The van der Waals surface area contributed by atoms with Gasteiger partial charge in [0.15, 0.2) is 5.96 Å². The first-order valence-corrected chi connectivity index (χ1v) is 11.2. The van der Waals surface area contributed by atoms with Crippen molar-refractivity contribution in [1.82, 2.24) is 20.5 Å². The number of rotatable bonds is 9. The van der Waals surface area contributed by atoms with Crippen molar-refractivity contribution in [2.75, 3.05) is 38.1 Å². The molecule has 31 heavy (non-hydrogen) atoms. The van der Waals surface area contributed by atoms with Gasteiger partial charge in [-0.05, 0) is 62.5 Å². The molecule has 1 aliphatic rings. The Labute approximate surface area is 204 Å². The maximum Gasteiger partial charge on any atom is 0.191 e. The predicted octanol–water partition coefficient (Wildman–Crippen LogP) is 4.01. The molecule has 2 heterocycles. The van der Waals surface area contributed by atoms with Crippen LogP contribution < -0.4 is 15.5 Å². The Morgan fingerprint density at radius 3 is 2.06 bits per heavy atom. The number of hydrogen-bond acceptors (Lipinski definition) is 4. The van der Waals surface area contributed by atoms with Crippen LogP contribution in [-0.4, -0.2) is 49.1 Å². The quantitative estimate of drug-likeness (QED) is 0.288. The molecule has 0 spiro atoms. The lowest BCUT2D eigenvalue weighted by Gasteiger charge is -2.19. The van der Waals surface area contributed by atoms with Crippen molar-refractivity contribution >= 4 is 35.8 Å². The summed E-state index contributed by atoms with van der Waals surface area (Å²) >= 11 is 0. The molecule has 1 aliphatic heterocycles. The number of likely N-dealkylation sites (tertiary alicyclic amines) is 1. The number of aliphatic imine (C=N–C) groups is 1. The van der Waals surface area contributed by atoms with Crippen LogP contribution >= 0.6 is 24.0 Å². The van der Waals surface area contributed by atoms with Gasteiger partial charge in [0.25, 0.3) is 0 Å². The molecule has 1 fully saturated rings. The van der Waals surface area contributed by atoms with Crippen LogP contribution in [-0.2, 0) is 19.6 Å². The van der Waals surface area contributed by atoms with Crippen molar-refractivity contribution in [2.24, 2.45) is 4.99 Å². The first-order chi connectivity index (χ1) is 14.7. The molecule has 0 aliphatic carbocycles. The van der Waals surface area contributed by atoms with Gasteiger partial charge in [-0.25, -0.2) is 4.98 Å². The SMILES string of the molecule is CCN(CC)c1ccc(CNC(=NC)NCc2ccc(CN3CCCC3)cc2)cn1.I. The molecule has 0 radical (unpaired) electrons. The Balaban J connectivity index is 0.00000341. The molecule has 0 amide bonds. The summed E-state index contributed by atoms with van der Waals surface area (Å²) in [7, 11) is 1.80. The fourth-order valence-electron chi connectivity index (χ4n) is 3.81. The minimum absolute atomic E-state index is 0. The summed E-state index contributed by atoms with van der Waals surface area (Å²) in [5, 5.41) is 6.77. The first kappa shape index (κ1) is 25.4. The number of hydrogen-bond donors (Lipinski definition) is 2. The molecule has 3 rings (SSSR count). The van der Waals surface area contributed by atoms with Crippen LogP contribution in [0.2, 0.25) is 0 Å². The van der Waals surface area contributed by atoms with E-state index in [1.807, 2.05) is 6.20 Å². The molecule has 1 saturated heterocycles. The van der Waals surface area contributed by atoms with E-state index in [9.17, 15) is 0 Å². The van der Waals surface area contributed by atoms with Gasteiger partial charge in [-0.2, -0.15) is 0 Å². The van der Waals surface area contributed by atoms with Crippen LogP contribution in [0.5, 0.6) is 0 Å². The number of halogens is 1. The number of benzene rings is 1. The monoisotopic (exact) mass is 536 g/mol. The van der Waals surface area contributed by atoms with Crippen LogP contribution in [0.15, 0.2) is 47.6 Å². The molecule has 1 aromatic carbocycles. The number of nitrogens with one attached hydrogen (secondary N) is 2. The second-order valence-corrected chi connectivity index (χ2v) is 7.78. The van der Waals surface area contributed by atoms with E-state index in [4.69, 9.17) is 0 Å². The lowest BCUT2D eigenvalue weighted by molar-refractivity contribution is 0.331. The van der Waals surface area contributed by atoms with Crippen LogP contribution in [0.25, 0.3) is 0 Å². The third-order valence-corrected chi connectivity index (χ3v) is 5.67. The number of aromatic nitrogens is 1. The highest BCUT2D eigenvalue weighted by atomic mass is 127. The van der Waals surface area contributed by atoms with Crippen molar-refractivity contribution in [3.8, 4) is 0 Å². The maximum absolute atomic E-state index is 4.59. The van der Waals surface area contributed by atoms with Gasteiger partial charge >= 0.3 is 0 Å². The predicted molar refractivity (Wildman–Crippen MR) is 141 cm³/mol. The van der Waals surface area contributed by atoms with E-state index >= 15 is 0 Å². The fraction of sp³-hybridized carbons (Fsp3) is 0.500. The summed E-state index contributed by atoms with van der Waals surface area (Å²) in [5.74, 6) is 1.82. The van der Waals surface area contributed by atoms with Crippen LogP contribution in [0.1, 0.15) is 43.4 Å². The molecule has 2 N–H and O–H groups in total. The van der Waals surface area contributed by atoms with E-state index in [2.05, 4.69) is 80.7 Å². The number of anilines is 1. The number of pyridine rings is 1. The van der Waals surface area contributed by atoms with Crippen LogP contribution in [0.4, 0.5) is 5.82 Å². The van der Waals surface area contributed by atoms with Gasteiger partial charge in [0.1, 0.15) is 5.82 Å². The third-order valence-electron chi connectivity index (χ3n) is 5.67. The second-order valence-electron chi connectivity index (χ2n) is 7.78. The average Bonchev–Trinajstić information content (AvgIpc) is 3.30. The lowest BCUT2D eigenvalue weighted by Crippen LogP contribution is -2.36. The average molecular weight is 537 g/mol. The topological polar surface area (TPSA) is 55.8 Å². The molecule has 0 unspecified atom stereocenters. The second kappa shape index (κ2) is 13.5. The zero-order chi connectivity index (χ0) is 21.2. The Morgan fingerprint density at radius 1 is 0.935 bits per heavy atom. The van der Waals surface area contributed by atoms with Gasteiger partial charge < -0.3 is 15.5 Å². The molecule has 2 aromatic rings. The van der Waals surface area contributed by atoms with Crippen LogP contribution in [0.3, 0.4) is 0 Å². The molecule has 1 aromatic heterocycles. The highest BCUT2D eigenvalue weighted by Crippen LogP contribution is 2.13. The fourth-order valence-corrected chi connectivity index (χ4v) is 3.81. The summed E-state index contributed by atoms with van der Waals surface area (Å²) in [5.41, 5.74) is 3.79. The molecule has 170 valence electrons. The smallest absolute Gasteiger partial charge is 0.191 e. The van der Waals surface area contributed by atoms with Gasteiger partial charge in [-0.1, -0.05) is 30.3 Å². The molecule has 0 atom stereocenters. The van der Waals surface area contributed by atoms with E-state index in [-0.39, 0.29) is 24.0 Å². The lowest BCUT2D eigenvalue weighted by atomic mass is 10.1. The van der Waals surface area contributed by atoms with E-state index < -0.39 is 0 Å². The Bertz CT molecular complexity index is 781. The number of guanidine groups is 1. The van der Waals surface area contributed by atoms with E-state index in [0.29, 0.717) is 6.54 Å². The molecule has 0 saturated carbocycles. The largest absolute Gasteiger partial charge is 0.357 e. The minimum Gasteiger partial charge on any atom is -0.357 e. The van der Waals surface area contributed by atoms with Gasteiger partial charge in [0.05, 0.1) is 0 Å². The summed E-state index contributed by atoms with van der Waals surface area (Å²) in [6, 6.07) is 13.1. The van der Waals surface area contributed by atoms with Crippen molar-refractivity contribution in [3.63, 3.8) is 0 Å². The Hall–Kier alpha value is -1.87. The molecule has 6 nitrogen and oxygen atoms in total. The summed E-state index contributed by atoms with van der Waals surface area (Å²) in [4.78, 5) is 13.7. The molecular formula is C24H37IN6. The standard InChI is InChI=1S/C24H36N6.HI/c1-4-30(5-2)23-13-12-22(17-26-23)18-28-24(25-3)27-16-20-8-10-21(11-9-20)19-29-14-6-7-15-29;/h8-13,17H,4-7,14-16,18-19H2,1-3H3,(H2,25,27,28);1H. The van der Waals surface area contributed by atoms with E-state index in [1.54, 1.807) is 7.05 Å². The van der Waals surface area contributed by atoms with Crippen molar-refractivity contribution in [3.05, 3.63) is 59.3 Å². The zero-order valence-corrected chi connectivity index (χ0v) is 21.4. The summed E-state index contributed by atoms with van der Waals surface area (Å²) in [6.07, 6.45) is 4.61. The van der Waals surface area contributed by atoms with E-state index in [0.717, 1.165) is 43.5 Å². The maximum atomic E-state index is 4.59. The van der Waals surface area contributed by atoms with Gasteiger partial charge in [0.2, 0.25) is 0 Å². The van der Waals surface area contributed by atoms with Gasteiger partial charge in [-0.15, -0.1) is 24.0 Å². The van der Waals surface area contributed by atoms with Gasteiger partial charge in [-0.3, -0.25) is 9.89 Å². The van der Waals surface area contributed by atoms with Gasteiger partial charge in [0, 0.05) is 46.0 Å². The van der Waals surface area contributed by atoms with Crippen molar-refractivity contribution < 1.29 is 0 Å². The van der Waals surface area contributed by atoms with E-state index in [1.165, 1.54) is 37.1 Å². The number of nitrogens with zero attached hydrogens (tertiary/aromatic N) is 4. The van der Waals surface area contributed by atoms with Crippen molar-refractivity contribution in [2.45, 2.75) is 46.3 Å². The summed E-state index contributed by atoms with van der Waals surface area (Å²) < 4.78 is 0. The molecule has 0 bridgehead atoms. The van der Waals surface area contributed by atoms with Crippen LogP contribution in [0, 0.1) is 0 Å². The Morgan fingerprint density at radius 2 is 1.52 bits per heavy atom. The highest BCUT2D eigenvalue weighted by Gasteiger charge is 2.11. The summed E-state index contributed by atoms with van der Waals surface area (Å²) in [6.45, 7) is 11.2. The third kappa shape index (κ3) is 7.96.